The van der Waals surface area contributed by atoms with E-state index in [1.807, 2.05) is 0 Å². The van der Waals surface area contributed by atoms with Crippen molar-refractivity contribution < 1.29 is 22.8 Å². The molecule has 0 aliphatic rings. The fourth-order valence-corrected chi connectivity index (χ4v) is 1.63. The second-order valence-electron chi connectivity index (χ2n) is 5.18. The zero-order valence-electron chi connectivity index (χ0n) is 12.2. The van der Waals surface area contributed by atoms with Crippen molar-refractivity contribution in [2.45, 2.75) is 20.0 Å². The summed E-state index contributed by atoms with van der Waals surface area (Å²) in [6.45, 7) is 1.30. The molecule has 0 saturated heterocycles. The first-order valence-electron chi connectivity index (χ1n) is 6.25. The first kappa shape index (κ1) is 18.7. The van der Waals surface area contributed by atoms with Gasteiger partial charge in [0.25, 0.3) is 0 Å². The van der Waals surface area contributed by atoms with E-state index in [1.165, 1.54) is 14.1 Å². The van der Waals surface area contributed by atoms with Crippen LogP contribution in [0.3, 0.4) is 0 Å². The highest BCUT2D eigenvalue weighted by Gasteiger charge is 2.36. The Morgan fingerprint density at radius 3 is 2.00 bits per heavy atom. The van der Waals surface area contributed by atoms with Gasteiger partial charge in [0.15, 0.2) is 0 Å². The third-order valence-corrected chi connectivity index (χ3v) is 2.88. The number of hydrogen-bond donors (Lipinski definition) is 1. The van der Waals surface area contributed by atoms with Crippen molar-refractivity contribution in [3.63, 3.8) is 0 Å². The Morgan fingerprint density at radius 1 is 1.20 bits per heavy atom. The van der Waals surface area contributed by atoms with E-state index >= 15 is 0 Å². The van der Waals surface area contributed by atoms with Crippen LogP contribution in [0.1, 0.15) is 13.8 Å². The molecule has 0 saturated carbocycles. The Balaban J connectivity index is 5.10. The number of hydrogen-bond acceptors (Lipinski definition) is 3. The van der Waals surface area contributed by atoms with E-state index in [0.29, 0.717) is 4.90 Å². The normalized spacial score (nSPS) is 13.2. The van der Waals surface area contributed by atoms with Crippen LogP contribution in [0.2, 0.25) is 0 Å². The second-order valence-corrected chi connectivity index (χ2v) is 5.18. The smallest absolute Gasteiger partial charge is 0.347 e. The van der Waals surface area contributed by atoms with Gasteiger partial charge in [-0.05, 0) is 5.92 Å². The molecule has 0 radical (unpaired) electrons. The minimum Gasteiger partial charge on any atom is -0.347 e. The van der Waals surface area contributed by atoms with Crippen LogP contribution in [0.4, 0.5) is 13.2 Å². The Kier molecular flexibility index (Phi) is 6.98. The summed E-state index contributed by atoms with van der Waals surface area (Å²) >= 11 is 0. The van der Waals surface area contributed by atoms with Crippen molar-refractivity contribution in [1.29, 1.82) is 0 Å². The summed E-state index contributed by atoms with van der Waals surface area (Å²) in [6, 6.07) is 0. The lowest BCUT2D eigenvalue weighted by molar-refractivity contribution is -0.167. The minimum absolute atomic E-state index is 0.0546. The second kappa shape index (κ2) is 7.47. The van der Waals surface area contributed by atoms with Crippen LogP contribution >= 0.6 is 0 Å². The minimum atomic E-state index is -4.56. The van der Waals surface area contributed by atoms with Gasteiger partial charge in [0, 0.05) is 20.6 Å². The van der Waals surface area contributed by atoms with Crippen LogP contribution in [0.15, 0.2) is 0 Å². The highest BCUT2D eigenvalue weighted by molar-refractivity contribution is 5.86. The van der Waals surface area contributed by atoms with Gasteiger partial charge in [-0.2, -0.15) is 13.2 Å². The molecule has 0 aromatic carbocycles. The number of halogens is 3. The van der Waals surface area contributed by atoms with Gasteiger partial charge in [-0.3, -0.25) is 9.59 Å². The molecule has 0 aromatic heterocycles. The Labute approximate surface area is 116 Å². The number of carbonyl (C=O) groups is 2. The van der Waals surface area contributed by atoms with E-state index in [1.54, 1.807) is 13.8 Å². The predicted octanol–water partition coefficient (Wildman–Crippen LogP) is 0.696. The average molecular weight is 297 g/mol. The lowest BCUT2D eigenvalue weighted by Gasteiger charge is -2.29. The number of alkyl halides is 3. The van der Waals surface area contributed by atoms with Gasteiger partial charge in [0.05, 0.1) is 5.92 Å². The number of nitrogens with zero attached hydrogens (tertiary/aromatic N) is 2. The molecule has 20 heavy (non-hydrogen) atoms. The van der Waals surface area contributed by atoms with Crippen LogP contribution in [0.25, 0.3) is 0 Å². The maximum absolute atomic E-state index is 12.5. The maximum atomic E-state index is 12.5. The third-order valence-electron chi connectivity index (χ3n) is 2.88. The van der Waals surface area contributed by atoms with Gasteiger partial charge >= 0.3 is 6.18 Å². The molecule has 2 N–H and O–H groups in total. The number of rotatable bonds is 6. The van der Waals surface area contributed by atoms with Crippen molar-refractivity contribution in [2.75, 3.05) is 33.7 Å². The molecule has 5 nitrogen and oxygen atoms in total. The third kappa shape index (κ3) is 6.23. The lowest BCUT2D eigenvalue weighted by Crippen LogP contribution is -2.49. The van der Waals surface area contributed by atoms with Crippen molar-refractivity contribution in [2.24, 2.45) is 17.6 Å². The fourth-order valence-electron chi connectivity index (χ4n) is 1.63. The topological polar surface area (TPSA) is 66.6 Å². The van der Waals surface area contributed by atoms with Crippen LogP contribution in [0.5, 0.6) is 0 Å². The van der Waals surface area contributed by atoms with Crippen molar-refractivity contribution >= 4 is 11.8 Å². The zero-order valence-corrected chi connectivity index (χ0v) is 12.2. The van der Waals surface area contributed by atoms with E-state index in [0.717, 1.165) is 4.90 Å². The standard InChI is InChI=1S/C12H22F3N3O2/c1-8(2)9(5-16)11(20)18(7-12(13,14)15)6-10(19)17(3)4/h8-9H,5-7,16H2,1-4H3. The Bertz CT molecular complexity index is 343. The SMILES string of the molecule is CC(C)C(CN)C(=O)N(CC(=O)N(C)C)CC(F)(F)F. The summed E-state index contributed by atoms with van der Waals surface area (Å²) in [5.41, 5.74) is 5.44. The van der Waals surface area contributed by atoms with Crippen molar-refractivity contribution in [3.05, 3.63) is 0 Å². The summed E-state index contributed by atoms with van der Waals surface area (Å²) in [4.78, 5) is 25.4. The average Bonchev–Trinajstić information content (AvgIpc) is 2.26. The summed E-state index contributed by atoms with van der Waals surface area (Å²) in [7, 11) is 2.84. The largest absolute Gasteiger partial charge is 0.406 e. The lowest BCUT2D eigenvalue weighted by atomic mass is 9.94. The van der Waals surface area contributed by atoms with Crippen molar-refractivity contribution in [3.8, 4) is 0 Å². The number of carbonyl (C=O) groups excluding carboxylic acids is 2. The molecule has 0 aliphatic heterocycles. The summed E-state index contributed by atoms with van der Waals surface area (Å²) in [5, 5.41) is 0. The van der Waals surface area contributed by atoms with Gasteiger partial charge in [0.2, 0.25) is 11.8 Å². The molecule has 0 spiro atoms. The molecular weight excluding hydrogens is 275 g/mol. The Morgan fingerprint density at radius 2 is 1.70 bits per heavy atom. The van der Waals surface area contributed by atoms with E-state index < -0.39 is 37.0 Å². The maximum Gasteiger partial charge on any atom is 0.406 e. The van der Waals surface area contributed by atoms with Gasteiger partial charge < -0.3 is 15.5 Å². The Hall–Kier alpha value is -1.31. The van der Waals surface area contributed by atoms with Crippen LogP contribution < -0.4 is 5.73 Å². The van der Waals surface area contributed by atoms with Gasteiger partial charge in [-0.25, -0.2) is 0 Å². The number of nitrogens with two attached hydrogens (primary N) is 1. The van der Waals surface area contributed by atoms with Crippen LogP contribution in [-0.2, 0) is 9.59 Å². The molecule has 0 fully saturated rings. The van der Waals surface area contributed by atoms with E-state index in [4.69, 9.17) is 5.73 Å². The highest BCUT2D eigenvalue weighted by atomic mass is 19.4. The molecule has 2 amide bonds. The molecule has 0 rings (SSSR count). The summed E-state index contributed by atoms with van der Waals surface area (Å²) in [6.07, 6.45) is -4.56. The van der Waals surface area contributed by atoms with E-state index in [2.05, 4.69) is 0 Å². The summed E-state index contributed by atoms with van der Waals surface area (Å²) in [5.74, 6) is -2.23. The highest BCUT2D eigenvalue weighted by Crippen LogP contribution is 2.20. The predicted molar refractivity (Wildman–Crippen MR) is 68.7 cm³/mol. The molecule has 0 aromatic rings. The molecule has 1 unspecified atom stereocenters. The van der Waals surface area contributed by atoms with E-state index in [9.17, 15) is 22.8 Å². The molecule has 0 aliphatic carbocycles. The van der Waals surface area contributed by atoms with Crippen LogP contribution in [-0.4, -0.2) is 61.5 Å². The van der Waals surface area contributed by atoms with Gasteiger partial charge in [-0.15, -0.1) is 0 Å². The number of likely N-dealkylation sites (N-methyl/N-ethyl adjacent to an activating group) is 1. The zero-order chi connectivity index (χ0) is 16.1. The molecule has 8 heteroatoms. The fraction of sp³-hybridized carbons (Fsp3) is 0.833. The molecule has 1 atom stereocenters. The van der Waals surface area contributed by atoms with Gasteiger partial charge in [-0.1, -0.05) is 13.8 Å². The molecule has 0 heterocycles. The quantitative estimate of drug-likeness (QED) is 0.784. The first-order chi connectivity index (χ1) is 8.99. The van der Waals surface area contributed by atoms with E-state index in [-0.39, 0.29) is 12.5 Å². The molecule has 118 valence electrons. The van der Waals surface area contributed by atoms with Crippen LogP contribution in [0, 0.1) is 11.8 Å². The summed E-state index contributed by atoms with van der Waals surface area (Å²) < 4.78 is 37.6. The molecule has 0 bridgehead atoms. The van der Waals surface area contributed by atoms with Gasteiger partial charge in [0.1, 0.15) is 13.1 Å². The van der Waals surface area contributed by atoms with Crippen molar-refractivity contribution in [1.82, 2.24) is 9.80 Å². The molecular formula is C12H22F3N3O2. The first-order valence-corrected chi connectivity index (χ1v) is 6.25. The number of amides is 2. The monoisotopic (exact) mass is 297 g/mol.